The zero-order valence-electron chi connectivity index (χ0n) is 16.6. The molecule has 29 heavy (non-hydrogen) atoms. The average Bonchev–Trinajstić information content (AvgIpc) is 3.23. The summed E-state index contributed by atoms with van der Waals surface area (Å²) < 4.78 is 11.0. The normalized spacial score (nSPS) is 11.2. The fourth-order valence-electron chi connectivity index (χ4n) is 3.45. The number of amides is 1. The molecule has 3 heterocycles. The lowest BCUT2D eigenvalue weighted by Gasteiger charge is -2.19. The maximum absolute atomic E-state index is 13.4. The number of nitrogens with zero attached hydrogens (tertiary/aromatic N) is 3. The number of fused-ring (bicyclic) bond motifs is 1. The molecule has 6 nitrogen and oxygen atoms in total. The van der Waals surface area contributed by atoms with Crippen LogP contribution in [0.5, 0.6) is 0 Å². The molecule has 0 bridgehead atoms. The molecule has 0 saturated carbocycles. The van der Waals surface area contributed by atoms with E-state index in [2.05, 4.69) is 10.1 Å². The van der Waals surface area contributed by atoms with E-state index in [0.717, 1.165) is 22.6 Å². The third-order valence-corrected chi connectivity index (χ3v) is 5.25. The molecule has 1 amide bonds. The molecule has 148 valence electrons. The van der Waals surface area contributed by atoms with Crippen LogP contribution >= 0.6 is 11.6 Å². The minimum Gasteiger partial charge on any atom is -0.466 e. The second kappa shape index (κ2) is 7.37. The molecule has 7 heteroatoms. The van der Waals surface area contributed by atoms with Crippen LogP contribution in [0.4, 0.5) is 0 Å². The molecule has 0 aliphatic heterocycles. The number of pyridine rings is 1. The standard InChI is InChI=1S/C22H20ClN3O3/c1-12-9-16(14(3)28-12)19-10-17(20-13(2)25-29-21(20)24-19)22(27)26(4)11-15-7-5-6-8-18(15)23/h5-10H,11H2,1-4H3. The van der Waals surface area contributed by atoms with Crippen molar-refractivity contribution >= 4 is 28.6 Å². The smallest absolute Gasteiger partial charge is 0.259 e. The number of carbonyl (C=O) groups is 1. The van der Waals surface area contributed by atoms with E-state index in [1.165, 1.54) is 0 Å². The van der Waals surface area contributed by atoms with Gasteiger partial charge in [0.25, 0.3) is 11.6 Å². The van der Waals surface area contributed by atoms with Crippen LogP contribution in [-0.2, 0) is 6.54 Å². The maximum Gasteiger partial charge on any atom is 0.259 e. The Morgan fingerprint density at radius 1 is 1.17 bits per heavy atom. The van der Waals surface area contributed by atoms with E-state index in [1.54, 1.807) is 24.9 Å². The van der Waals surface area contributed by atoms with Gasteiger partial charge in [0.15, 0.2) is 0 Å². The third kappa shape index (κ3) is 3.51. The number of hydrogen-bond donors (Lipinski definition) is 0. The molecule has 4 aromatic rings. The van der Waals surface area contributed by atoms with E-state index in [1.807, 2.05) is 44.2 Å². The Hall–Kier alpha value is -3.12. The molecule has 0 saturated heterocycles. The van der Waals surface area contributed by atoms with Crippen LogP contribution in [0, 0.1) is 20.8 Å². The van der Waals surface area contributed by atoms with Crippen LogP contribution < -0.4 is 0 Å². The molecule has 0 fully saturated rings. The van der Waals surface area contributed by atoms with E-state index < -0.39 is 0 Å². The van der Waals surface area contributed by atoms with Gasteiger partial charge < -0.3 is 13.8 Å². The van der Waals surface area contributed by atoms with E-state index in [0.29, 0.717) is 39.6 Å². The zero-order valence-corrected chi connectivity index (χ0v) is 17.4. The number of rotatable bonds is 4. The molecule has 0 aliphatic carbocycles. The molecule has 0 N–H and O–H groups in total. The second-order valence-corrected chi connectivity index (χ2v) is 7.49. The van der Waals surface area contributed by atoms with Crippen molar-refractivity contribution in [3.05, 3.63) is 69.8 Å². The highest BCUT2D eigenvalue weighted by molar-refractivity contribution is 6.31. The first-order valence-corrected chi connectivity index (χ1v) is 9.56. The van der Waals surface area contributed by atoms with Gasteiger partial charge in [0.2, 0.25) is 0 Å². The summed E-state index contributed by atoms with van der Waals surface area (Å²) in [6.45, 7) is 5.92. The fourth-order valence-corrected chi connectivity index (χ4v) is 3.64. The molecule has 0 atom stereocenters. The Morgan fingerprint density at radius 2 is 1.93 bits per heavy atom. The number of benzene rings is 1. The van der Waals surface area contributed by atoms with Crippen LogP contribution in [0.25, 0.3) is 22.4 Å². The van der Waals surface area contributed by atoms with E-state index in [4.69, 9.17) is 20.5 Å². The van der Waals surface area contributed by atoms with Gasteiger partial charge in [-0.2, -0.15) is 0 Å². The van der Waals surface area contributed by atoms with Gasteiger partial charge in [-0.05, 0) is 44.5 Å². The lowest BCUT2D eigenvalue weighted by Crippen LogP contribution is -2.26. The number of aryl methyl sites for hydroxylation is 3. The number of aromatic nitrogens is 2. The highest BCUT2D eigenvalue weighted by Gasteiger charge is 2.23. The SMILES string of the molecule is Cc1cc(-c2cc(C(=O)N(C)Cc3ccccc3Cl)c3c(C)noc3n2)c(C)o1. The summed E-state index contributed by atoms with van der Waals surface area (Å²) in [7, 11) is 1.74. The lowest BCUT2D eigenvalue weighted by atomic mass is 10.0. The van der Waals surface area contributed by atoms with Crippen molar-refractivity contribution in [3.63, 3.8) is 0 Å². The quantitative estimate of drug-likeness (QED) is 0.455. The van der Waals surface area contributed by atoms with Crippen molar-refractivity contribution in [1.82, 2.24) is 15.0 Å². The highest BCUT2D eigenvalue weighted by Crippen LogP contribution is 2.31. The largest absolute Gasteiger partial charge is 0.466 e. The molecule has 0 unspecified atom stereocenters. The zero-order chi connectivity index (χ0) is 20.7. The van der Waals surface area contributed by atoms with Crippen LogP contribution in [0.1, 0.15) is 33.1 Å². The minimum absolute atomic E-state index is 0.164. The third-order valence-electron chi connectivity index (χ3n) is 4.88. The molecular formula is C22H20ClN3O3. The van der Waals surface area contributed by atoms with Crippen molar-refractivity contribution in [2.45, 2.75) is 27.3 Å². The van der Waals surface area contributed by atoms with Gasteiger partial charge in [-0.3, -0.25) is 4.79 Å². The average molecular weight is 410 g/mol. The van der Waals surface area contributed by atoms with Crippen molar-refractivity contribution < 1.29 is 13.7 Å². The Labute approximate surface area is 173 Å². The summed E-state index contributed by atoms with van der Waals surface area (Å²) >= 11 is 6.26. The van der Waals surface area contributed by atoms with Crippen molar-refractivity contribution in [1.29, 1.82) is 0 Å². The Kier molecular flexibility index (Phi) is 4.88. The van der Waals surface area contributed by atoms with Gasteiger partial charge in [-0.1, -0.05) is 35.0 Å². The fraction of sp³-hybridized carbons (Fsp3) is 0.227. The summed E-state index contributed by atoms with van der Waals surface area (Å²) in [4.78, 5) is 19.5. The van der Waals surface area contributed by atoms with Crippen LogP contribution in [0.15, 0.2) is 45.3 Å². The minimum atomic E-state index is -0.164. The van der Waals surface area contributed by atoms with Gasteiger partial charge >= 0.3 is 0 Å². The van der Waals surface area contributed by atoms with Crippen molar-refractivity contribution in [2.75, 3.05) is 7.05 Å². The number of halogens is 1. The highest BCUT2D eigenvalue weighted by atomic mass is 35.5. The summed E-state index contributed by atoms with van der Waals surface area (Å²) in [5, 5.41) is 5.24. The molecule has 0 radical (unpaired) electrons. The Morgan fingerprint density at radius 3 is 2.62 bits per heavy atom. The number of furan rings is 1. The Balaban J connectivity index is 1.79. The van der Waals surface area contributed by atoms with Crippen LogP contribution in [0.3, 0.4) is 0 Å². The molecular weight excluding hydrogens is 390 g/mol. The van der Waals surface area contributed by atoms with Gasteiger partial charge in [0.05, 0.1) is 22.3 Å². The number of hydrogen-bond acceptors (Lipinski definition) is 5. The van der Waals surface area contributed by atoms with Gasteiger partial charge in [-0.25, -0.2) is 4.98 Å². The lowest BCUT2D eigenvalue weighted by molar-refractivity contribution is 0.0787. The summed E-state index contributed by atoms with van der Waals surface area (Å²) in [5.74, 6) is 1.34. The summed E-state index contributed by atoms with van der Waals surface area (Å²) in [6.07, 6.45) is 0. The predicted octanol–water partition coefficient (Wildman–Crippen LogP) is 5.33. The molecule has 3 aromatic heterocycles. The van der Waals surface area contributed by atoms with Gasteiger partial charge in [0, 0.05) is 24.2 Å². The van der Waals surface area contributed by atoms with Gasteiger partial charge in [-0.15, -0.1) is 0 Å². The molecule has 4 rings (SSSR count). The molecule has 0 aliphatic rings. The second-order valence-electron chi connectivity index (χ2n) is 7.08. The van der Waals surface area contributed by atoms with E-state index in [9.17, 15) is 4.79 Å². The monoisotopic (exact) mass is 409 g/mol. The van der Waals surface area contributed by atoms with Crippen molar-refractivity contribution in [2.24, 2.45) is 0 Å². The van der Waals surface area contributed by atoms with Crippen LogP contribution in [-0.4, -0.2) is 28.0 Å². The van der Waals surface area contributed by atoms with Crippen molar-refractivity contribution in [3.8, 4) is 11.3 Å². The first kappa shape index (κ1) is 19.2. The summed E-state index contributed by atoms with van der Waals surface area (Å²) in [6, 6.07) is 11.1. The molecule has 1 aromatic carbocycles. The summed E-state index contributed by atoms with van der Waals surface area (Å²) in [5.41, 5.74) is 3.73. The van der Waals surface area contributed by atoms with Crippen LogP contribution in [0.2, 0.25) is 5.02 Å². The molecule has 0 spiro atoms. The topological polar surface area (TPSA) is 72.4 Å². The van der Waals surface area contributed by atoms with E-state index in [-0.39, 0.29) is 5.91 Å². The predicted molar refractivity (Wildman–Crippen MR) is 111 cm³/mol. The van der Waals surface area contributed by atoms with Gasteiger partial charge in [0.1, 0.15) is 11.5 Å². The Bertz CT molecular complexity index is 1230. The first-order chi connectivity index (χ1) is 13.8. The first-order valence-electron chi connectivity index (χ1n) is 9.18. The maximum atomic E-state index is 13.4. The van der Waals surface area contributed by atoms with E-state index >= 15 is 0 Å². The number of carbonyl (C=O) groups excluding carboxylic acids is 1.